The molecule has 176 valence electrons. The number of alkyl halides is 2. The molecule has 11 heteroatoms. The van der Waals surface area contributed by atoms with Gasteiger partial charge in [0, 0.05) is 63.8 Å². The van der Waals surface area contributed by atoms with Gasteiger partial charge in [-0.1, -0.05) is 0 Å². The number of aromatic nitrogens is 2. The van der Waals surface area contributed by atoms with E-state index in [1.165, 1.54) is 0 Å². The van der Waals surface area contributed by atoms with E-state index in [4.69, 9.17) is 4.98 Å². The minimum Gasteiger partial charge on any atom is -0.356 e. The highest BCUT2D eigenvalue weighted by Crippen LogP contribution is 2.54. The Bertz CT molecular complexity index is 1020. The number of hydrogen-bond donors (Lipinski definition) is 1. The van der Waals surface area contributed by atoms with Gasteiger partial charge in [-0.3, -0.25) is 0 Å². The van der Waals surface area contributed by atoms with Crippen molar-refractivity contribution in [1.29, 1.82) is 0 Å². The van der Waals surface area contributed by atoms with E-state index < -0.39 is 15.9 Å². The van der Waals surface area contributed by atoms with Gasteiger partial charge >= 0.3 is 0 Å². The lowest BCUT2D eigenvalue weighted by molar-refractivity contribution is -0.00595. The molecule has 1 N–H and O–H groups in total. The maximum absolute atomic E-state index is 14.6. The predicted molar refractivity (Wildman–Crippen MR) is 117 cm³/mol. The van der Waals surface area contributed by atoms with Crippen LogP contribution in [0.25, 0.3) is 0 Å². The number of piperazine rings is 1. The minimum absolute atomic E-state index is 0.102. The molecule has 0 aromatic carbocycles. The summed E-state index contributed by atoms with van der Waals surface area (Å²) < 4.78 is 56.4. The predicted octanol–water partition coefficient (Wildman–Crippen LogP) is 1.03. The highest BCUT2D eigenvalue weighted by Gasteiger charge is 2.58. The lowest BCUT2D eigenvalue weighted by atomic mass is 10.1. The molecule has 3 aliphatic heterocycles. The van der Waals surface area contributed by atoms with E-state index in [1.54, 1.807) is 4.31 Å². The van der Waals surface area contributed by atoms with Crippen LogP contribution in [0.4, 0.5) is 20.5 Å². The van der Waals surface area contributed by atoms with Gasteiger partial charge < -0.3 is 15.1 Å². The summed E-state index contributed by atoms with van der Waals surface area (Å²) in [5.41, 5.74) is 0.480. The number of hydrogen-bond acceptors (Lipinski definition) is 7. The number of nitrogens with zero attached hydrogens (tertiary/aromatic N) is 5. The summed E-state index contributed by atoms with van der Waals surface area (Å²) in [6.07, 6.45) is 1.10. The van der Waals surface area contributed by atoms with E-state index in [2.05, 4.69) is 22.1 Å². The fourth-order valence-electron chi connectivity index (χ4n) is 5.94. The molecule has 2 aliphatic carbocycles. The van der Waals surface area contributed by atoms with Crippen molar-refractivity contribution in [3.05, 3.63) is 11.3 Å². The number of nitrogens with one attached hydrogen (secondary N) is 1. The van der Waals surface area contributed by atoms with Gasteiger partial charge in [-0.2, -0.15) is 18.1 Å². The molecule has 1 aromatic heterocycles. The van der Waals surface area contributed by atoms with Crippen LogP contribution in [-0.2, 0) is 22.4 Å². The Morgan fingerprint density at radius 1 is 1.12 bits per heavy atom. The van der Waals surface area contributed by atoms with Crippen LogP contribution in [0.15, 0.2) is 0 Å². The van der Waals surface area contributed by atoms with Gasteiger partial charge in [0.05, 0.1) is 5.75 Å². The van der Waals surface area contributed by atoms with Gasteiger partial charge in [0.15, 0.2) is 0 Å². The lowest BCUT2D eigenvalue weighted by Gasteiger charge is -2.39. The van der Waals surface area contributed by atoms with Gasteiger partial charge in [0.1, 0.15) is 11.5 Å². The topological polar surface area (TPSA) is 81.7 Å². The molecule has 0 bridgehead atoms. The molecule has 1 saturated carbocycles. The van der Waals surface area contributed by atoms with Crippen molar-refractivity contribution in [3.8, 4) is 0 Å². The molecule has 5 aliphatic rings. The average Bonchev–Trinajstić information content (AvgIpc) is 3.08. The van der Waals surface area contributed by atoms with E-state index in [0.717, 1.165) is 13.0 Å². The van der Waals surface area contributed by atoms with Crippen molar-refractivity contribution in [2.24, 2.45) is 17.8 Å². The Morgan fingerprint density at radius 3 is 2.47 bits per heavy atom. The van der Waals surface area contributed by atoms with E-state index in [1.807, 2.05) is 4.90 Å². The Hall–Kier alpha value is -1.59. The second kappa shape index (κ2) is 7.20. The monoisotopic (exact) mass is 468 g/mol. The molecule has 4 fully saturated rings. The standard InChI is InChI=1S/C21H30F2N6O2S/c1-13-3-7-29(13)20-25-18-14(2-4-21(18,22)23)19(26-20)27-10-15-16(11-27)17(15)12-32(30,31)28-8-5-24-6-9-28/h13,15-17,24H,2-12H2,1H3/t13-,15-,16+,17+/m0/s1. The van der Waals surface area contributed by atoms with Crippen molar-refractivity contribution < 1.29 is 17.2 Å². The first kappa shape index (κ1) is 21.0. The minimum atomic E-state index is -3.25. The van der Waals surface area contributed by atoms with Gasteiger partial charge in [0.25, 0.3) is 5.92 Å². The van der Waals surface area contributed by atoms with Crippen molar-refractivity contribution in [2.45, 2.75) is 38.2 Å². The molecule has 3 saturated heterocycles. The third-order valence-electron chi connectivity index (χ3n) is 8.13. The van der Waals surface area contributed by atoms with E-state index >= 15 is 0 Å². The third-order valence-corrected chi connectivity index (χ3v) is 10.1. The van der Waals surface area contributed by atoms with Gasteiger partial charge in [-0.25, -0.2) is 13.4 Å². The first-order valence-corrected chi connectivity index (χ1v) is 13.3. The summed E-state index contributed by atoms with van der Waals surface area (Å²) in [4.78, 5) is 13.2. The number of piperidine rings is 1. The number of anilines is 2. The van der Waals surface area contributed by atoms with Crippen LogP contribution in [0.3, 0.4) is 0 Å². The van der Waals surface area contributed by atoms with Crippen LogP contribution < -0.4 is 15.1 Å². The van der Waals surface area contributed by atoms with Crippen LogP contribution in [0.2, 0.25) is 0 Å². The molecule has 0 amide bonds. The van der Waals surface area contributed by atoms with Crippen molar-refractivity contribution in [1.82, 2.24) is 19.6 Å². The summed E-state index contributed by atoms with van der Waals surface area (Å²) in [6, 6.07) is 0.266. The zero-order chi connectivity index (χ0) is 22.3. The highest BCUT2D eigenvalue weighted by molar-refractivity contribution is 7.89. The van der Waals surface area contributed by atoms with Gasteiger partial charge in [-0.15, -0.1) is 0 Å². The summed E-state index contributed by atoms with van der Waals surface area (Å²) in [7, 11) is -3.25. The molecular formula is C21H30F2N6O2S. The first-order chi connectivity index (χ1) is 15.2. The Morgan fingerprint density at radius 2 is 1.84 bits per heavy atom. The summed E-state index contributed by atoms with van der Waals surface area (Å²) in [5, 5.41) is 3.19. The molecule has 8 nitrogen and oxygen atoms in total. The summed E-state index contributed by atoms with van der Waals surface area (Å²) >= 11 is 0. The molecule has 32 heavy (non-hydrogen) atoms. The second-order valence-corrected chi connectivity index (χ2v) is 12.0. The molecule has 0 radical (unpaired) electrons. The van der Waals surface area contributed by atoms with Crippen LogP contribution in [0, 0.1) is 17.8 Å². The highest BCUT2D eigenvalue weighted by atomic mass is 32.2. The third kappa shape index (κ3) is 3.30. The van der Waals surface area contributed by atoms with Gasteiger partial charge in [0.2, 0.25) is 16.0 Å². The fraction of sp³-hybridized carbons (Fsp3) is 0.810. The first-order valence-electron chi connectivity index (χ1n) is 11.7. The maximum atomic E-state index is 14.6. The zero-order valence-corrected chi connectivity index (χ0v) is 19.1. The largest absolute Gasteiger partial charge is 0.356 e. The smallest absolute Gasteiger partial charge is 0.290 e. The zero-order valence-electron chi connectivity index (χ0n) is 18.3. The molecular weight excluding hydrogens is 438 g/mol. The van der Waals surface area contributed by atoms with Crippen LogP contribution >= 0.6 is 0 Å². The van der Waals surface area contributed by atoms with E-state index in [0.29, 0.717) is 74.9 Å². The van der Waals surface area contributed by atoms with Crippen LogP contribution in [0.5, 0.6) is 0 Å². The molecule has 4 atom stereocenters. The average molecular weight is 469 g/mol. The summed E-state index contributed by atoms with van der Waals surface area (Å²) in [6.45, 7) is 6.71. The van der Waals surface area contributed by atoms with E-state index in [9.17, 15) is 17.2 Å². The second-order valence-electron chi connectivity index (χ2n) is 10.0. The van der Waals surface area contributed by atoms with Crippen molar-refractivity contribution in [3.63, 3.8) is 0 Å². The molecule has 1 aromatic rings. The normalized spacial score (nSPS) is 33.7. The summed E-state index contributed by atoms with van der Waals surface area (Å²) in [5.74, 6) is -0.879. The molecule has 0 unspecified atom stereocenters. The van der Waals surface area contributed by atoms with Crippen molar-refractivity contribution in [2.75, 3.05) is 61.4 Å². The fourth-order valence-corrected chi connectivity index (χ4v) is 7.87. The molecule has 6 rings (SSSR count). The molecule has 4 heterocycles. The SMILES string of the molecule is C[C@H]1CCN1c1nc(N2C[C@@H]3[C@H](C2)[C@H]3CS(=O)(=O)N2CCNCC2)c2c(n1)C(F)(F)CC2. The maximum Gasteiger partial charge on any atom is 0.290 e. The Balaban J connectivity index is 1.20. The van der Waals surface area contributed by atoms with Crippen LogP contribution in [0.1, 0.15) is 31.0 Å². The number of rotatable bonds is 5. The lowest BCUT2D eigenvalue weighted by Crippen LogP contribution is -2.47. The molecule has 0 spiro atoms. The Labute approximate surface area is 187 Å². The van der Waals surface area contributed by atoms with Crippen LogP contribution in [-0.4, -0.2) is 80.3 Å². The van der Waals surface area contributed by atoms with Crippen molar-refractivity contribution >= 4 is 21.8 Å². The Kier molecular flexibility index (Phi) is 4.72. The van der Waals surface area contributed by atoms with Gasteiger partial charge in [-0.05, 0) is 37.5 Å². The number of halogens is 2. The number of fused-ring (bicyclic) bond motifs is 2. The number of sulfonamides is 1. The van der Waals surface area contributed by atoms with E-state index in [-0.39, 0.29) is 29.8 Å². The quantitative estimate of drug-likeness (QED) is 0.691.